The monoisotopic (exact) mass is 519 g/mol. The van der Waals surface area contributed by atoms with Crippen LogP contribution in [0.25, 0.3) is 6.08 Å². The molecule has 5 nitrogen and oxygen atoms in total. The number of carbonyl (C=O) groups is 1. The number of carbonyl (C=O) groups excluding carboxylic acids is 1. The van der Waals surface area contributed by atoms with Crippen LogP contribution in [0.4, 0.5) is 18.3 Å². The fraction of sp³-hybridized carbons (Fsp3) is 0.240. The Morgan fingerprint density at radius 1 is 1.26 bits per heavy atom. The Labute approximate surface area is 209 Å². The Morgan fingerprint density at radius 2 is 2.00 bits per heavy atom. The highest BCUT2D eigenvalue weighted by Crippen LogP contribution is 2.33. The Hall–Kier alpha value is -3.35. The van der Waals surface area contributed by atoms with Crippen LogP contribution in [-0.2, 0) is 17.4 Å². The van der Waals surface area contributed by atoms with Crippen molar-refractivity contribution in [2.24, 2.45) is 0 Å². The van der Waals surface area contributed by atoms with E-state index in [0.717, 1.165) is 36.3 Å². The van der Waals surface area contributed by atoms with Gasteiger partial charge < -0.3 is 4.74 Å². The van der Waals surface area contributed by atoms with Crippen molar-refractivity contribution in [3.8, 4) is 11.8 Å². The minimum Gasteiger partial charge on any atom is -0.494 e. The number of rotatable bonds is 9. The van der Waals surface area contributed by atoms with E-state index in [1.807, 2.05) is 6.07 Å². The molecule has 2 aromatic carbocycles. The molecule has 1 N–H and O–H groups in total. The van der Waals surface area contributed by atoms with Gasteiger partial charge in [0.25, 0.3) is 5.91 Å². The molecule has 182 valence electrons. The summed E-state index contributed by atoms with van der Waals surface area (Å²) in [5, 5.41) is 12.4. The number of hydrogen-bond donors (Lipinski definition) is 1. The van der Waals surface area contributed by atoms with E-state index in [0.29, 0.717) is 28.4 Å². The molecular weight excluding hydrogens is 499 g/mol. The first-order valence-corrected chi connectivity index (χ1v) is 11.9. The third-order valence-corrected chi connectivity index (χ3v) is 6.12. The molecule has 0 saturated heterocycles. The van der Waals surface area contributed by atoms with Crippen molar-refractivity contribution in [1.29, 1.82) is 5.26 Å². The minimum atomic E-state index is -4.48. The number of nitrogens with one attached hydrogen (secondary N) is 1. The molecule has 1 amide bonds. The van der Waals surface area contributed by atoms with Crippen LogP contribution in [0.2, 0.25) is 5.02 Å². The molecular formula is C25H21ClF3N3O2S. The third-order valence-electron chi connectivity index (χ3n) is 4.83. The molecule has 0 spiro atoms. The van der Waals surface area contributed by atoms with Gasteiger partial charge >= 0.3 is 6.18 Å². The number of ether oxygens (including phenoxy) is 1. The van der Waals surface area contributed by atoms with E-state index in [-0.39, 0.29) is 22.1 Å². The summed E-state index contributed by atoms with van der Waals surface area (Å²) in [5.41, 5.74) is 0.0305. The molecule has 1 aromatic heterocycles. The number of benzene rings is 2. The molecule has 3 rings (SSSR count). The highest BCUT2D eigenvalue weighted by Gasteiger charge is 2.31. The summed E-state index contributed by atoms with van der Waals surface area (Å²) in [6.07, 6.45) is 0.511. The number of thiazole rings is 1. The van der Waals surface area contributed by atoms with Crippen molar-refractivity contribution in [3.05, 3.63) is 80.8 Å². The lowest BCUT2D eigenvalue weighted by atomic mass is 10.1. The molecule has 0 bridgehead atoms. The summed E-state index contributed by atoms with van der Waals surface area (Å²) in [7, 11) is 0. The third kappa shape index (κ3) is 7.57. The lowest BCUT2D eigenvalue weighted by Crippen LogP contribution is -2.13. The van der Waals surface area contributed by atoms with Gasteiger partial charge in [-0.2, -0.15) is 18.4 Å². The van der Waals surface area contributed by atoms with Crippen molar-refractivity contribution in [2.45, 2.75) is 32.4 Å². The number of halogens is 4. The van der Waals surface area contributed by atoms with Crippen LogP contribution < -0.4 is 10.1 Å². The smallest absolute Gasteiger partial charge is 0.416 e. The van der Waals surface area contributed by atoms with Gasteiger partial charge in [0, 0.05) is 22.5 Å². The van der Waals surface area contributed by atoms with Crippen LogP contribution in [0.1, 0.15) is 41.3 Å². The average Bonchev–Trinajstić information content (AvgIpc) is 3.25. The van der Waals surface area contributed by atoms with E-state index in [9.17, 15) is 23.2 Å². The molecule has 0 aliphatic heterocycles. The molecule has 0 atom stereocenters. The van der Waals surface area contributed by atoms with Crippen molar-refractivity contribution in [2.75, 3.05) is 11.9 Å². The van der Waals surface area contributed by atoms with E-state index < -0.39 is 17.6 Å². The van der Waals surface area contributed by atoms with E-state index in [4.69, 9.17) is 16.3 Å². The van der Waals surface area contributed by atoms with Crippen molar-refractivity contribution < 1.29 is 22.7 Å². The highest BCUT2D eigenvalue weighted by atomic mass is 35.5. The van der Waals surface area contributed by atoms with Gasteiger partial charge in [0.2, 0.25) is 0 Å². The van der Waals surface area contributed by atoms with Gasteiger partial charge in [-0.15, -0.1) is 11.3 Å². The van der Waals surface area contributed by atoms with Crippen LogP contribution in [-0.4, -0.2) is 17.5 Å². The standard InChI is InChI=1S/C25H21ClF3N3O2S/c1-2-3-10-34-20-7-4-16(5-8-20)11-18(14-30)23(33)32-24-31-15-21(35-24)13-17-12-19(25(27,28)29)6-9-22(17)26/h4-9,11-12,15H,2-3,10,13H2,1H3,(H,31,32,33)/b18-11+. The van der Waals surface area contributed by atoms with Gasteiger partial charge in [0.05, 0.1) is 12.2 Å². The van der Waals surface area contributed by atoms with E-state index in [1.165, 1.54) is 18.3 Å². The number of hydrogen-bond acceptors (Lipinski definition) is 5. The molecule has 0 unspecified atom stereocenters. The number of unbranched alkanes of at least 4 members (excludes halogenated alkanes) is 1. The van der Waals surface area contributed by atoms with Crippen molar-refractivity contribution in [1.82, 2.24) is 4.98 Å². The summed E-state index contributed by atoms with van der Waals surface area (Å²) < 4.78 is 44.6. The summed E-state index contributed by atoms with van der Waals surface area (Å²) in [5.74, 6) is 0.0588. The van der Waals surface area contributed by atoms with Gasteiger partial charge in [-0.3, -0.25) is 10.1 Å². The van der Waals surface area contributed by atoms with Gasteiger partial charge in [0.15, 0.2) is 5.13 Å². The van der Waals surface area contributed by atoms with Crippen LogP contribution in [0, 0.1) is 11.3 Å². The second-order valence-electron chi connectivity index (χ2n) is 7.51. The van der Waals surface area contributed by atoms with Gasteiger partial charge in [-0.05, 0) is 54.0 Å². The number of amides is 1. The first-order valence-electron chi connectivity index (χ1n) is 10.7. The fourth-order valence-electron chi connectivity index (χ4n) is 3.00. The van der Waals surface area contributed by atoms with E-state index in [1.54, 1.807) is 24.3 Å². The van der Waals surface area contributed by atoms with Crippen LogP contribution >= 0.6 is 22.9 Å². The Morgan fingerprint density at radius 3 is 2.66 bits per heavy atom. The van der Waals surface area contributed by atoms with E-state index >= 15 is 0 Å². The molecule has 0 radical (unpaired) electrons. The van der Waals surface area contributed by atoms with E-state index in [2.05, 4.69) is 17.2 Å². The van der Waals surface area contributed by atoms with Gasteiger partial charge in [0.1, 0.15) is 17.4 Å². The quantitative estimate of drug-likeness (QED) is 0.185. The van der Waals surface area contributed by atoms with Crippen LogP contribution in [0.3, 0.4) is 0 Å². The summed E-state index contributed by atoms with van der Waals surface area (Å²) in [4.78, 5) is 17.3. The number of aromatic nitrogens is 1. The average molecular weight is 520 g/mol. The fourth-order valence-corrected chi connectivity index (χ4v) is 4.01. The Balaban J connectivity index is 1.66. The zero-order valence-corrected chi connectivity index (χ0v) is 20.2. The molecule has 0 fully saturated rings. The summed E-state index contributed by atoms with van der Waals surface area (Å²) in [6, 6.07) is 12.0. The normalized spacial score (nSPS) is 11.7. The molecule has 10 heteroatoms. The number of nitrogens with zero attached hydrogens (tertiary/aromatic N) is 2. The predicted octanol–water partition coefficient (Wildman–Crippen LogP) is 7.13. The number of alkyl halides is 3. The predicted molar refractivity (Wildman–Crippen MR) is 130 cm³/mol. The maximum Gasteiger partial charge on any atom is 0.416 e. The minimum absolute atomic E-state index is 0.115. The van der Waals surface area contributed by atoms with Gasteiger partial charge in [-0.25, -0.2) is 4.98 Å². The van der Waals surface area contributed by atoms with Crippen molar-refractivity contribution >= 4 is 40.1 Å². The zero-order chi connectivity index (χ0) is 25.4. The number of nitriles is 1. The topological polar surface area (TPSA) is 75.0 Å². The second-order valence-corrected chi connectivity index (χ2v) is 9.03. The molecule has 0 aliphatic carbocycles. The molecule has 35 heavy (non-hydrogen) atoms. The second kappa shape index (κ2) is 11.9. The van der Waals surface area contributed by atoms with Gasteiger partial charge in [-0.1, -0.05) is 37.1 Å². The first kappa shape index (κ1) is 26.3. The highest BCUT2D eigenvalue weighted by molar-refractivity contribution is 7.15. The maximum absolute atomic E-state index is 13.0. The Kier molecular flexibility index (Phi) is 8.90. The van der Waals surface area contributed by atoms with Crippen molar-refractivity contribution in [3.63, 3.8) is 0 Å². The first-order chi connectivity index (χ1) is 16.7. The summed E-state index contributed by atoms with van der Waals surface area (Å²) in [6.45, 7) is 2.69. The van der Waals surface area contributed by atoms with Crippen LogP contribution in [0.15, 0.2) is 54.2 Å². The summed E-state index contributed by atoms with van der Waals surface area (Å²) >= 11 is 7.15. The molecule has 3 aromatic rings. The maximum atomic E-state index is 13.0. The molecule has 0 saturated carbocycles. The Bertz CT molecular complexity index is 1250. The lowest BCUT2D eigenvalue weighted by molar-refractivity contribution is -0.137. The van der Waals surface area contributed by atoms with Crippen LogP contribution in [0.5, 0.6) is 5.75 Å². The molecule has 1 heterocycles. The zero-order valence-electron chi connectivity index (χ0n) is 18.7. The largest absolute Gasteiger partial charge is 0.494 e. The SMILES string of the molecule is CCCCOc1ccc(/C=C(\C#N)C(=O)Nc2ncc(Cc3cc(C(F)(F)F)ccc3Cl)s2)cc1. The lowest BCUT2D eigenvalue weighted by Gasteiger charge is -2.09. The number of anilines is 1. The molecule has 0 aliphatic rings.